The first-order valence-electron chi connectivity index (χ1n) is 7.16. The molecule has 1 atom stereocenters. The van der Waals surface area contributed by atoms with Gasteiger partial charge in [-0.3, -0.25) is 9.78 Å². The molecular formula is C17H18N2OS. The topological polar surface area (TPSA) is 33.2 Å². The molecule has 1 unspecified atom stereocenters. The highest BCUT2D eigenvalue weighted by molar-refractivity contribution is 8.00. The highest BCUT2D eigenvalue weighted by atomic mass is 32.2. The third-order valence-corrected chi connectivity index (χ3v) is 5.00. The van der Waals surface area contributed by atoms with Crippen molar-refractivity contribution in [2.75, 3.05) is 5.75 Å². The van der Waals surface area contributed by atoms with Crippen LogP contribution >= 0.6 is 11.8 Å². The van der Waals surface area contributed by atoms with E-state index in [1.165, 1.54) is 11.1 Å². The summed E-state index contributed by atoms with van der Waals surface area (Å²) in [5.41, 5.74) is 3.65. The van der Waals surface area contributed by atoms with Gasteiger partial charge in [-0.1, -0.05) is 31.2 Å². The number of amides is 1. The highest BCUT2D eigenvalue weighted by Gasteiger charge is 2.32. The number of hydrogen-bond acceptors (Lipinski definition) is 3. The molecule has 0 radical (unpaired) electrons. The molecule has 0 aliphatic carbocycles. The van der Waals surface area contributed by atoms with Crippen LogP contribution in [0.4, 0.5) is 0 Å². The van der Waals surface area contributed by atoms with Crippen LogP contribution < -0.4 is 0 Å². The fourth-order valence-electron chi connectivity index (χ4n) is 2.50. The molecule has 1 aliphatic heterocycles. The zero-order chi connectivity index (χ0) is 14.7. The van der Waals surface area contributed by atoms with Crippen molar-refractivity contribution in [1.82, 2.24) is 9.88 Å². The molecule has 4 heteroatoms. The van der Waals surface area contributed by atoms with Crippen LogP contribution in [-0.4, -0.2) is 21.5 Å². The molecule has 3 nitrogen and oxygen atoms in total. The number of carbonyl (C=O) groups is 1. The molecule has 1 fully saturated rings. The summed E-state index contributed by atoms with van der Waals surface area (Å²) < 4.78 is 0. The second-order valence-electron chi connectivity index (χ2n) is 5.14. The molecule has 0 spiro atoms. The van der Waals surface area contributed by atoms with Crippen LogP contribution in [0.1, 0.15) is 29.0 Å². The predicted molar refractivity (Wildman–Crippen MR) is 85.8 cm³/mol. The predicted octanol–water partition coefficient (Wildman–Crippen LogP) is 3.42. The van der Waals surface area contributed by atoms with Crippen LogP contribution in [0.5, 0.6) is 0 Å². The summed E-state index contributed by atoms with van der Waals surface area (Å²) in [5, 5.41) is 0.122. The van der Waals surface area contributed by atoms with Crippen LogP contribution in [0.2, 0.25) is 0 Å². The molecule has 1 aromatic carbocycles. The average molecular weight is 298 g/mol. The number of aromatic nitrogens is 1. The van der Waals surface area contributed by atoms with Gasteiger partial charge in [0.2, 0.25) is 5.91 Å². The van der Waals surface area contributed by atoms with Crippen molar-refractivity contribution in [2.24, 2.45) is 0 Å². The lowest BCUT2D eigenvalue weighted by atomic mass is 10.1. The van der Waals surface area contributed by atoms with Gasteiger partial charge in [0.05, 0.1) is 5.75 Å². The Morgan fingerprint density at radius 3 is 2.52 bits per heavy atom. The minimum Gasteiger partial charge on any atom is -0.322 e. The van der Waals surface area contributed by atoms with Gasteiger partial charge in [-0.2, -0.15) is 0 Å². The van der Waals surface area contributed by atoms with E-state index in [9.17, 15) is 4.79 Å². The maximum Gasteiger partial charge on any atom is 0.234 e. The lowest BCUT2D eigenvalue weighted by Gasteiger charge is -2.24. The van der Waals surface area contributed by atoms with Crippen molar-refractivity contribution >= 4 is 17.7 Å². The number of hydrogen-bond donors (Lipinski definition) is 0. The van der Waals surface area contributed by atoms with E-state index in [2.05, 4.69) is 36.2 Å². The summed E-state index contributed by atoms with van der Waals surface area (Å²) in [5.74, 6) is 0.770. The van der Waals surface area contributed by atoms with Gasteiger partial charge in [-0.15, -0.1) is 11.8 Å². The fraction of sp³-hybridized carbons (Fsp3) is 0.294. The zero-order valence-electron chi connectivity index (χ0n) is 12.0. The van der Waals surface area contributed by atoms with Gasteiger partial charge in [-0.05, 0) is 35.2 Å². The first-order chi connectivity index (χ1) is 10.3. The molecule has 0 bridgehead atoms. The lowest BCUT2D eigenvalue weighted by Crippen LogP contribution is -2.27. The molecule has 1 saturated heterocycles. The Morgan fingerprint density at radius 1 is 1.14 bits per heavy atom. The number of thioether (sulfide) groups is 1. The van der Waals surface area contributed by atoms with Crippen LogP contribution in [-0.2, 0) is 17.8 Å². The maximum absolute atomic E-state index is 12.2. The van der Waals surface area contributed by atoms with E-state index < -0.39 is 0 Å². The molecule has 108 valence electrons. The van der Waals surface area contributed by atoms with Gasteiger partial charge < -0.3 is 4.90 Å². The summed E-state index contributed by atoms with van der Waals surface area (Å²) in [4.78, 5) is 18.2. The number of carbonyl (C=O) groups excluding carboxylic acids is 1. The maximum atomic E-state index is 12.2. The molecule has 0 N–H and O–H groups in total. The van der Waals surface area contributed by atoms with E-state index in [0.717, 1.165) is 12.0 Å². The van der Waals surface area contributed by atoms with E-state index in [-0.39, 0.29) is 11.3 Å². The van der Waals surface area contributed by atoms with Crippen molar-refractivity contribution in [3.8, 4) is 0 Å². The molecule has 1 aliphatic rings. The van der Waals surface area contributed by atoms with Crippen molar-refractivity contribution in [3.63, 3.8) is 0 Å². The first kappa shape index (κ1) is 14.1. The summed E-state index contributed by atoms with van der Waals surface area (Å²) in [6.07, 6.45) is 4.58. The molecule has 2 heterocycles. The Labute approximate surface area is 129 Å². The van der Waals surface area contributed by atoms with E-state index in [4.69, 9.17) is 0 Å². The van der Waals surface area contributed by atoms with Crippen LogP contribution in [0.25, 0.3) is 0 Å². The Bertz CT molecular complexity index is 612. The van der Waals surface area contributed by atoms with Gasteiger partial charge in [0, 0.05) is 18.9 Å². The minimum atomic E-state index is 0.122. The van der Waals surface area contributed by atoms with Crippen molar-refractivity contribution in [3.05, 3.63) is 65.5 Å². The number of nitrogens with zero attached hydrogens (tertiary/aromatic N) is 2. The molecule has 0 saturated carbocycles. The average Bonchev–Trinajstić information content (AvgIpc) is 2.90. The molecule has 3 rings (SSSR count). The van der Waals surface area contributed by atoms with E-state index in [1.807, 2.05) is 17.0 Å². The second-order valence-corrected chi connectivity index (χ2v) is 6.20. The Kier molecular flexibility index (Phi) is 4.25. The lowest BCUT2D eigenvalue weighted by molar-refractivity contribution is -0.128. The van der Waals surface area contributed by atoms with E-state index in [1.54, 1.807) is 24.2 Å². The zero-order valence-corrected chi connectivity index (χ0v) is 12.8. The smallest absolute Gasteiger partial charge is 0.234 e. The first-order valence-corrected chi connectivity index (χ1v) is 8.21. The Balaban J connectivity index is 1.81. The Hall–Kier alpha value is -1.81. The third kappa shape index (κ3) is 3.10. The van der Waals surface area contributed by atoms with E-state index in [0.29, 0.717) is 12.3 Å². The van der Waals surface area contributed by atoms with Gasteiger partial charge in [0.25, 0.3) is 0 Å². The number of aryl methyl sites for hydroxylation is 1. The highest BCUT2D eigenvalue weighted by Crippen LogP contribution is 2.39. The molecule has 1 aromatic heterocycles. The van der Waals surface area contributed by atoms with E-state index >= 15 is 0 Å². The van der Waals surface area contributed by atoms with Gasteiger partial charge in [-0.25, -0.2) is 0 Å². The molecular weight excluding hydrogens is 280 g/mol. The normalized spacial score (nSPS) is 18.2. The number of rotatable bonds is 4. The summed E-state index contributed by atoms with van der Waals surface area (Å²) >= 11 is 1.71. The minimum absolute atomic E-state index is 0.122. The third-order valence-electron chi connectivity index (χ3n) is 3.74. The fourth-order valence-corrected chi connectivity index (χ4v) is 3.69. The summed E-state index contributed by atoms with van der Waals surface area (Å²) in [6, 6.07) is 12.5. The van der Waals surface area contributed by atoms with Gasteiger partial charge in [0.15, 0.2) is 0 Å². The largest absolute Gasteiger partial charge is 0.322 e. The second kappa shape index (κ2) is 6.31. The monoisotopic (exact) mass is 298 g/mol. The Morgan fingerprint density at radius 2 is 1.86 bits per heavy atom. The molecule has 2 aromatic rings. The van der Waals surface area contributed by atoms with Crippen molar-refractivity contribution in [1.29, 1.82) is 0 Å². The number of pyridine rings is 1. The van der Waals surface area contributed by atoms with Gasteiger partial charge in [0.1, 0.15) is 5.37 Å². The SMILES string of the molecule is CCc1ccc(C2SCC(=O)N2Cc2ccncc2)cc1. The van der Waals surface area contributed by atoms with Crippen molar-refractivity contribution in [2.45, 2.75) is 25.3 Å². The quantitative estimate of drug-likeness (QED) is 0.867. The van der Waals surface area contributed by atoms with Crippen molar-refractivity contribution < 1.29 is 4.79 Å². The van der Waals surface area contributed by atoms with Crippen LogP contribution in [0, 0.1) is 0 Å². The molecule has 21 heavy (non-hydrogen) atoms. The molecule has 1 amide bonds. The van der Waals surface area contributed by atoms with Gasteiger partial charge >= 0.3 is 0 Å². The summed E-state index contributed by atoms with van der Waals surface area (Å²) in [7, 11) is 0. The van der Waals surface area contributed by atoms with Crippen LogP contribution in [0.3, 0.4) is 0 Å². The van der Waals surface area contributed by atoms with Crippen LogP contribution in [0.15, 0.2) is 48.8 Å². The number of benzene rings is 1. The summed E-state index contributed by atoms with van der Waals surface area (Å²) in [6.45, 7) is 2.80. The standard InChI is InChI=1S/C17H18N2OS/c1-2-13-3-5-15(6-4-13)17-19(16(20)12-21-17)11-14-7-9-18-10-8-14/h3-10,17H,2,11-12H2,1H3.